The molecular formula is C20H28O3. The number of carbonyl (C=O) groups is 1. The van der Waals surface area contributed by atoms with E-state index < -0.39 is 5.60 Å². The molecule has 0 radical (unpaired) electrons. The average molecular weight is 316 g/mol. The van der Waals surface area contributed by atoms with E-state index in [4.69, 9.17) is 4.74 Å². The summed E-state index contributed by atoms with van der Waals surface area (Å²) < 4.78 is 5.32. The van der Waals surface area contributed by atoms with Crippen LogP contribution in [-0.4, -0.2) is 23.3 Å². The fourth-order valence-corrected chi connectivity index (χ4v) is 6.34. The number of fused-ring (bicyclic) bond motifs is 4. The Labute approximate surface area is 138 Å². The summed E-state index contributed by atoms with van der Waals surface area (Å²) >= 11 is 0. The van der Waals surface area contributed by atoms with Gasteiger partial charge in [0.05, 0.1) is 5.60 Å². The Bertz CT molecular complexity index is 606. The molecule has 3 nitrogen and oxygen atoms in total. The Kier molecular flexibility index (Phi) is 3.17. The highest BCUT2D eigenvalue weighted by Crippen LogP contribution is 2.64. The Morgan fingerprint density at radius 2 is 2.04 bits per heavy atom. The van der Waals surface area contributed by atoms with Crippen LogP contribution in [0.15, 0.2) is 23.8 Å². The summed E-state index contributed by atoms with van der Waals surface area (Å²) in [4.78, 5) is 11.9. The van der Waals surface area contributed by atoms with E-state index in [1.165, 1.54) is 5.57 Å². The molecule has 0 spiro atoms. The number of esters is 1. The zero-order valence-electron chi connectivity index (χ0n) is 14.4. The van der Waals surface area contributed by atoms with Crippen molar-refractivity contribution in [2.75, 3.05) is 6.61 Å². The van der Waals surface area contributed by atoms with Crippen molar-refractivity contribution in [3.63, 3.8) is 0 Å². The molecule has 1 N–H and O–H groups in total. The number of rotatable bonds is 1. The number of ether oxygens (including phenoxy) is 1. The van der Waals surface area contributed by atoms with Crippen LogP contribution in [0.5, 0.6) is 0 Å². The monoisotopic (exact) mass is 316 g/mol. The first-order valence-electron chi connectivity index (χ1n) is 9.06. The van der Waals surface area contributed by atoms with Gasteiger partial charge in [0.25, 0.3) is 0 Å². The van der Waals surface area contributed by atoms with Gasteiger partial charge in [0.2, 0.25) is 0 Å². The summed E-state index contributed by atoms with van der Waals surface area (Å²) in [7, 11) is 0. The summed E-state index contributed by atoms with van der Waals surface area (Å²) in [6.45, 7) is 9.08. The summed E-state index contributed by atoms with van der Waals surface area (Å²) in [5.41, 5.74) is 1.78. The quantitative estimate of drug-likeness (QED) is 0.591. The normalized spacial score (nSPS) is 49.1. The zero-order chi connectivity index (χ0) is 16.5. The molecule has 1 heterocycles. The average Bonchev–Trinajstić information content (AvgIpc) is 2.87. The van der Waals surface area contributed by atoms with Gasteiger partial charge in [0.15, 0.2) is 0 Å². The second kappa shape index (κ2) is 4.72. The first-order valence-corrected chi connectivity index (χ1v) is 9.06. The highest BCUT2D eigenvalue weighted by Gasteiger charge is 2.60. The van der Waals surface area contributed by atoms with Crippen LogP contribution in [-0.2, 0) is 9.53 Å². The van der Waals surface area contributed by atoms with Gasteiger partial charge in [-0.3, -0.25) is 0 Å². The second-order valence-electron chi connectivity index (χ2n) is 8.91. The van der Waals surface area contributed by atoms with Crippen molar-refractivity contribution in [3.8, 4) is 0 Å². The molecule has 5 atom stereocenters. The van der Waals surface area contributed by atoms with E-state index in [0.717, 1.165) is 50.5 Å². The van der Waals surface area contributed by atoms with E-state index in [1.54, 1.807) is 0 Å². The lowest BCUT2D eigenvalue weighted by Gasteiger charge is -2.61. The van der Waals surface area contributed by atoms with Crippen molar-refractivity contribution in [3.05, 3.63) is 23.8 Å². The summed E-state index contributed by atoms with van der Waals surface area (Å²) in [5.74, 6) is 0.647. The highest BCUT2D eigenvalue weighted by atomic mass is 16.5. The highest BCUT2D eigenvalue weighted by molar-refractivity contribution is 5.92. The fraction of sp³-hybridized carbons (Fsp3) is 0.750. The zero-order valence-corrected chi connectivity index (χ0v) is 14.4. The van der Waals surface area contributed by atoms with Crippen LogP contribution >= 0.6 is 0 Å². The van der Waals surface area contributed by atoms with E-state index in [0.29, 0.717) is 18.4 Å². The van der Waals surface area contributed by atoms with Gasteiger partial charge in [-0.1, -0.05) is 19.9 Å². The molecule has 4 rings (SSSR count). The van der Waals surface area contributed by atoms with Crippen LogP contribution in [0, 0.1) is 22.7 Å². The number of allylic oxidation sites excluding steroid dienone is 1. The first kappa shape index (κ1) is 15.4. The van der Waals surface area contributed by atoms with E-state index in [-0.39, 0.29) is 16.8 Å². The maximum atomic E-state index is 11.9. The molecule has 126 valence electrons. The van der Waals surface area contributed by atoms with Crippen molar-refractivity contribution in [2.45, 2.75) is 64.4 Å². The van der Waals surface area contributed by atoms with Crippen molar-refractivity contribution >= 4 is 5.97 Å². The number of cyclic esters (lactones) is 1. The van der Waals surface area contributed by atoms with Gasteiger partial charge in [0.1, 0.15) is 6.61 Å². The number of hydrogen-bond donors (Lipinski definition) is 1. The Morgan fingerprint density at radius 1 is 1.26 bits per heavy atom. The molecule has 0 aromatic rings. The van der Waals surface area contributed by atoms with Crippen molar-refractivity contribution in [1.82, 2.24) is 0 Å². The van der Waals surface area contributed by atoms with Gasteiger partial charge >= 0.3 is 5.97 Å². The molecule has 23 heavy (non-hydrogen) atoms. The minimum absolute atomic E-state index is 0.0555. The third-order valence-electron chi connectivity index (χ3n) is 7.64. The predicted molar refractivity (Wildman–Crippen MR) is 88.6 cm³/mol. The third kappa shape index (κ3) is 2.02. The predicted octanol–water partition coefficient (Wildman–Crippen LogP) is 3.77. The van der Waals surface area contributed by atoms with Crippen LogP contribution in [0.3, 0.4) is 0 Å². The standard InChI is InChI=1S/C20H28O3/c1-4-18(2)8-7-16-19(3)9-5-13-14(11-23-17(13)21)15(19)6-10-20(16,22)12-18/h4,15-16,22H,1,5-12H2,2-3H3. The van der Waals surface area contributed by atoms with Crippen LogP contribution in [0.1, 0.15) is 58.8 Å². The number of aliphatic hydroxyl groups is 1. The van der Waals surface area contributed by atoms with Crippen LogP contribution in [0.25, 0.3) is 0 Å². The Hall–Kier alpha value is -1.09. The second-order valence-corrected chi connectivity index (χ2v) is 8.91. The Balaban J connectivity index is 1.70. The van der Waals surface area contributed by atoms with Gasteiger partial charge < -0.3 is 9.84 Å². The minimum Gasteiger partial charge on any atom is -0.458 e. The molecule has 3 aliphatic carbocycles. The topological polar surface area (TPSA) is 46.5 Å². The van der Waals surface area contributed by atoms with E-state index >= 15 is 0 Å². The molecule has 0 saturated heterocycles. The molecule has 2 fully saturated rings. The lowest BCUT2D eigenvalue weighted by Crippen LogP contribution is -2.59. The molecule has 2 saturated carbocycles. The SMILES string of the molecule is C=CC1(C)CCC2C(O)(CCC3C4=C(CCC32C)C(=O)OC4)C1. The number of carbonyl (C=O) groups excluding carboxylic acids is 1. The van der Waals surface area contributed by atoms with E-state index in [2.05, 4.69) is 20.4 Å². The van der Waals surface area contributed by atoms with Gasteiger partial charge in [-0.25, -0.2) is 4.79 Å². The van der Waals surface area contributed by atoms with E-state index in [1.807, 2.05) is 6.08 Å². The smallest absolute Gasteiger partial charge is 0.334 e. The van der Waals surface area contributed by atoms with Gasteiger partial charge in [-0.15, -0.1) is 6.58 Å². The maximum Gasteiger partial charge on any atom is 0.334 e. The largest absolute Gasteiger partial charge is 0.458 e. The van der Waals surface area contributed by atoms with Crippen molar-refractivity contribution in [2.24, 2.45) is 22.7 Å². The number of hydrogen-bond acceptors (Lipinski definition) is 3. The third-order valence-corrected chi connectivity index (χ3v) is 7.64. The fourth-order valence-electron chi connectivity index (χ4n) is 6.34. The molecular weight excluding hydrogens is 288 g/mol. The summed E-state index contributed by atoms with van der Waals surface area (Å²) in [5, 5.41) is 11.5. The van der Waals surface area contributed by atoms with Crippen LogP contribution in [0.4, 0.5) is 0 Å². The van der Waals surface area contributed by atoms with Crippen molar-refractivity contribution < 1.29 is 14.6 Å². The summed E-state index contributed by atoms with van der Waals surface area (Å²) in [6, 6.07) is 0. The lowest BCUT2D eigenvalue weighted by atomic mass is 9.45. The summed E-state index contributed by atoms with van der Waals surface area (Å²) in [6.07, 6.45) is 8.68. The molecule has 0 amide bonds. The molecule has 4 aliphatic rings. The molecule has 0 aromatic carbocycles. The maximum absolute atomic E-state index is 11.9. The van der Waals surface area contributed by atoms with Crippen LogP contribution < -0.4 is 0 Å². The van der Waals surface area contributed by atoms with Crippen molar-refractivity contribution in [1.29, 1.82) is 0 Å². The Morgan fingerprint density at radius 3 is 2.78 bits per heavy atom. The molecule has 1 aliphatic heterocycles. The first-order chi connectivity index (χ1) is 10.8. The lowest BCUT2D eigenvalue weighted by molar-refractivity contribution is -0.170. The molecule has 0 aromatic heterocycles. The molecule has 5 unspecified atom stereocenters. The molecule has 0 bridgehead atoms. The van der Waals surface area contributed by atoms with Gasteiger partial charge in [-0.2, -0.15) is 0 Å². The van der Waals surface area contributed by atoms with Gasteiger partial charge in [0, 0.05) is 5.57 Å². The minimum atomic E-state index is -0.575. The molecule has 3 heteroatoms. The van der Waals surface area contributed by atoms with Crippen LogP contribution in [0.2, 0.25) is 0 Å². The van der Waals surface area contributed by atoms with E-state index in [9.17, 15) is 9.90 Å². The van der Waals surface area contributed by atoms with Gasteiger partial charge in [-0.05, 0) is 73.2 Å².